The van der Waals surface area contributed by atoms with Crippen LogP contribution in [0.3, 0.4) is 0 Å². The smallest absolute Gasteiger partial charge is 0.306 e. The summed E-state index contributed by atoms with van der Waals surface area (Å²) in [7, 11) is 0. The molecule has 1 aliphatic heterocycles. The summed E-state index contributed by atoms with van der Waals surface area (Å²) in [6.45, 7) is 5.98. The summed E-state index contributed by atoms with van der Waals surface area (Å²) < 4.78 is 21.2. The summed E-state index contributed by atoms with van der Waals surface area (Å²) >= 11 is 12.4. The van der Waals surface area contributed by atoms with E-state index >= 15 is 0 Å². The fourth-order valence-electron chi connectivity index (χ4n) is 5.01. The number of hydrogen-bond donors (Lipinski definition) is 3. The maximum absolute atomic E-state index is 14.6. The lowest BCUT2D eigenvalue weighted by atomic mass is 9.99. The van der Waals surface area contributed by atoms with Crippen LogP contribution in [0.1, 0.15) is 87.7 Å². The molecule has 9 nitrogen and oxygen atoms in total. The maximum atomic E-state index is 14.6. The van der Waals surface area contributed by atoms with E-state index in [9.17, 15) is 18.8 Å². The lowest BCUT2D eigenvalue weighted by molar-refractivity contribution is -0.155. The quantitative estimate of drug-likeness (QED) is 0.244. The van der Waals surface area contributed by atoms with Crippen LogP contribution < -0.4 is 16.0 Å². The van der Waals surface area contributed by atoms with Gasteiger partial charge in [-0.1, -0.05) is 54.2 Å². The van der Waals surface area contributed by atoms with E-state index in [1.54, 1.807) is 6.07 Å². The SMILES string of the molecule is CC(C)(C)OC(=O)CCC[C@@H]1Nc2cccc(c2)[C@@H](NC(=O)c2cnn(-c3cccc(Cl)c3F)c2Cl)CCCCCNC1=O. The number of halogens is 3. The second-order valence-electron chi connectivity index (χ2n) is 11.8. The molecule has 2 amide bonds. The van der Waals surface area contributed by atoms with Crippen molar-refractivity contribution in [1.29, 1.82) is 0 Å². The van der Waals surface area contributed by atoms with Gasteiger partial charge >= 0.3 is 5.97 Å². The molecule has 1 aliphatic rings. The summed E-state index contributed by atoms with van der Waals surface area (Å²) in [4.78, 5) is 38.7. The van der Waals surface area contributed by atoms with E-state index in [1.807, 2.05) is 45.0 Å². The van der Waals surface area contributed by atoms with E-state index in [-0.39, 0.29) is 45.8 Å². The number of nitrogens with zero attached hydrogens (tertiary/aromatic N) is 2. The highest BCUT2D eigenvalue weighted by Crippen LogP contribution is 2.28. The van der Waals surface area contributed by atoms with Crippen molar-refractivity contribution in [2.45, 2.75) is 83.4 Å². The molecule has 2 heterocycles. The fraction of sp³-hybridized carbons (Fsp3) is 0.438. The molecule has 2 bridgehead atoms. The highest BCUT2D eigenvalue weighted by molar-refractivity contribution is 6.33. The standard InChI is InChI=1S/C32H38Cl2FN5O4/c1-32(2,3)44-27(41)16-9-14-25-31(43)36-17-6-4-5-13-24(20-10-7-11-21(18-20)38-25)39-30(42)22-19-37-40(29(22)34)26-15-8-12-23(33)28(26)35/h7-8,10-12,15,18-19,24-25,38H,4-6,9,13-14,16-17H2,1-3H3,(H,36,43)(H,39,42)/t24-,25-/m0/s1. The molecule has 1 aromatic heterocycles. The average molecular weight is 647 g/mol. The van der Waals surface area contributed by atoms with Crippen LogP contribution in [0.25, 0.3) is 5.69 Å². The van der Waals surface area contributed by atoms with Gasteiger partial charge < -0.3 is 20.7 Å². The number of rotatable bonds is 7. The number of aromatic nitrogens is 2. The van der Waals surface area contributed by atoms with Crippen LogP contribution in [-0.4, -0.2) is 45.8 Å². The van der Waals surface area contributed by atoms with Crippen molar-refractivity contribution in [3.05, 3.63) is 75.8 Å². The minimum Gasteiger partial charge on any atom is -0.460 e. The van der Waals surface area contributed by atoms with Crippen LogP contribution in [0.5, 0.6) is 0 Å². The Morgan fingerprint density at radius 3 is 2.68 bits per heavy atom. The first-order valence-corrected chi connectivity index (χ1v) is 15.5. The first kappa shape index (κ1) is 33.3. The molecule has 44 heavy (non-hydrogen) atoms. The van der Waals surface area contributed by atoms with Crippen LogP contribution in [0.15, 0.2) is 48.7 Å². The number of amides is 2. The summed E-state index contributed by atoms with van der Waals surface area (Å²) in [5, 5.41) is 13.4. The summed E-state index contributed by atoms with van der Waals surface area (Å²) in [6, 6.07) is 11.1. The topological polar surface area (TPSA) is 114 Å². The van der Waals surface area contributed by atoms with Gasteiger partial charge in [-0.3, -0.25) is 14.4 Å². The molecule has 0 saturated heterocycles. The zero-order valence-corrected chi connectivity index (χ0v) is 26.6. The Balaban J connectivity index is 1.51. The molecule has 2 atom stereocenters. The van der Waals surface area contributed by atoms with E-state index in [0.29, 0.717) is 31.5 Å². The maximum Gasteiger partial charge on any atom is 0.306 e. The lowest BCUT2D eigenvalue weighted by Crippen LogP contribution is -2.40. The Bertz CT molecular complexity index is 1490. The van der Waals surface area contributed by atoms with Gasteiger partial charge in [0, 0.05) is 18.7 Å². The molecule has 2 aromatic carbocycles. The Morgan fingerprint density at radius 2 is 1.91 bits per heavy atom. The van der Waals surface area contributed by atoms with Gasteiger partial charge in [-0.2, -0.15) is 5.10 Å². The number of carbonyl (C=O) groups is 3. The van der Waals surface area contributed by atoms with Crippen molar-refractivity contribution in [1.82, 2.24) is 20.4 Å². The number of carbonyl (C=O) groups excluding carboxylic acids is 3. The second-order valence-corrected chi connectivity index (χ2v) is 12.6. The second kappa shape index (κ2) is 14.9. The average Bonchev–Trinajstić information content (AvgIpc) is 3.34. The van der Waals surface area contributed by atoms with Crippen molar-refractivity contribution in [2.24, 2.45) is 0 Å². The Kier molecular flexibility index (Phi) is 11.3. The third kappa shape index (κ3) is 8.95. The molecule has 0 fully saturated rings. The Morgan fingerprint density at radius 1 is 1.14 bits per heavy atom. The van der Waals surface area contributed by atoms with E-state index in [1.165, 1.54) is 18.3 Å². The van der Waals surface area contributed by atoms with Gasteiger partial charge in [0.1, 0.15) is 22.5 Å². The van der Waals surface area contributed by atoms with Gasteiger partial charge in [0.05, 0.1) is 22.8 Å². The molecule has 0 unspecified atom stereocenters. The predicted octanol–water partition coefficient (Wildman–Crippen LogP) is 6.77. The third-order valence-electron chi connectivity index (χ3n) is 7.13. The predicted molar refractivity (Wildman–Crippen MR) is 169 cm³/mol. The van der Waals surface area contributed by atoms with Crippen LogP contribution in [0, 0.1) is 5.82 Å². The van der Waals surface area contributed by atoms with Gasteiger partial charge in [0.2, 0.25) is 5.91 Å². The van der Waals surface area contributed by atoms with Crippen LogP contribution in [0.4, 0.5) is 10.1 Å². The number of esters is 1. The normalized spacial score (nSPS) is 17.7. The minimum atomic E-state index is -0.693. The highest BCUT2D eigenvalue weighted by atomic mass is 35.5. The summed E-state index contributed by atoms with van der Waals surface area (Å²) in [6.07, 6.45) is 5.50. The van der Waals surface area contributed by atoms with Crippen molar-refractivity contribution < 1.29 is 23.5 Å². The molecule has 0 aliphatic carbocycles. The monoisotopic (exact) mass is 645 g/mol. The van der Waals surface area contributed by atoms with Crippen molar-refractivity contribution >= 4 is 46.7 Å². The molecule has 3 aromatic rings. The molecule has 0 radical (unpaired) electrons. The Hall–Kier alpha value is -3.63. The van der Waals surface area contributed by atoms with E-state index < -0.39 is 23.4 Å². The van der Waals surface area contributed by atoms with Crippen molar-refractivity contribution in [3.63, 3.8) is 0 Å². The molecule has 12 heteroatoms. The number of hydrogen-bond acceptors (Lipinski definition) is 6. The van der Waals surface area contributed by atoms with E-state index in [2.05, 4.69) is 21.0 Å². The third-order valence-corrected chi connectivity index (χ3v) is 7.78. The van der Waals surface area contributed by atoms with Crippen LogP contribution >= 0.6 is 23.2 Å². The number of nitrogens with one attached hydrogen (secondary N) is 3. The first-order chi connectivity index (χ1) is 20.9. The lowest BCUT2D eigenvalue weighted by Gasteiger charge is -2.22. The molecule has 0 saturated carbocycles. The number of ether oxygens (including phenoxy) is 1. The fourth-order valence-corrected chi connectivity index (χ4v) is 5.45. The van der Waals surface area contributed by atoms with Crippen LogP contribution in [0.2, 0.25) is 10.2 Å². The summed E-state index contributed by atoms with van der Waals surface area (Å²) in [5.41, 5.74) is 1.12. The van der Waals surface area contributed by atoms with E-state index in [4.69, 9.17) is 27.9 Å². The van der Waals surface area contributed by atoms with Gasteiger partial charge in [-0.15, -0.1) is 0 Å². The molecular formula is C32H38Cl2FN5O4. The van der Waals surface area contributed by atoms with E-state index in [0.717, 1.165) is 29.5 Å². The van der Waals surface area contributed by atoms with Gasteiger partial charge in [-0.05, 0) is 76.3 Å². The molecular weight excluding hydrogens is 608 g/mol. The minimum absolute atomic E-state index is 0.0335. The molecule has 4 rings (SSSR count). The Labute approximate surface area is 266 Å². The van der Waals surface area contributed by atoms with Crippen molar-refractivity contribution in [3.8, 4) is 5.69 Å². The summed E-state index contributed by atoms with van der Waals surface area (Å²) in [5.74, 6) is -1.58. The van der Waals surface area contributed by atoms with Crippen molar-refractivity contribution in [2.75, 3.05) is 11.9 Å². The molecule has 236 valence electrons. The first-order valence-electron chi connectivity index (χ1n) is 14.8. The zero-order valence-electron chi connectivity index (χ0n) is 25.1. The van der Waals surface area contributed by atoms with Gasteiger partial charge in [-0.25, -0.2) is 9.07 Å². The van der Waals surface area contributed by atoms with Crippen LogP contribution in [-0.2, 0) is 14.3 Å². The molecule has 0 spiro atoms. The van der Waals surface area contributed by atoms with Gasteiger partial charge in [0.15, 0.2) is 5.82 Å². The largest absolute Gasteiger partial charge is 0.460 e. The number of fused-ring (bicyclic) bond motifs is 2. The zero-order chi connectivity index (χ0) is 31.9. The number of anilines is 1. The molecule has 3 N–H and O–H groups in total. The van der Waals surface area contributed by atoms with Gasteiger partial charge in [0.25, 0.3) is 5.91 Å². The number of benzene rings is 2. The highest BCUT2D eigenvalue weighted by Gasteiger charge is 2.24.